The number of aryl methyl sites for hydroxylation is 1. The number of hydrogen-bond acceptors (Lipinski definition) is 8. The first-order chi connectivity index (χ1) is 19.6. The van der Waals surface area contributed by atoms with Crippen molar-refractivity contribution in [1.29, 1.82) is 0 Å². The molecular formula is C31H42ClN5O4S. The Morgan fingerprint density at radius 3 is 2.14 bits per heavy atom. The van der Waals surface area contributed by atoms with Gasteiger partial charge in [-0.15, -0.1) is 11.3 Å². The van der Waals surface area contributed by atoms with Crippen LogP contribution >= 0.6 is 22.9 Å². The third-order valence-electron chi connectivity index (χ3n) is 7.70. The van der Waals surface area contributed by atoms with Crippen LogP contribution in [0.25, 0.3) is 11.3 Å². The van der Waals surface area contributed by atoms with Crippen LogP contribution in [0.2, 0.25) is 4.34 Å². The zero-order valence-corrected chi connectivity index (χ0v) is 27.7. The van der Waals surface area contributed by atoms with E-state index in [1.807, 2.05) is 4.90 Å². The summed E-state index contributed by atoms with van der Waals surface area (Å²) >= 11 is 8.38. The summed E-state index contributed by atoms with van der Waals surface area (Å²) in [5.74, 6) is 1.65. The van der Waals surface area contributed by atoms with Crippen molar-refractivity contribution in [3.05, 3.63) is 44.3 Å². The lowest BCUT2D eigenvalue weighted by Crippen LogP contribution is -2.40. The first kappa shape index (κ1) is 31.9. The fourth-order valence-corrected chi connectivity index (χ4v) is 6.65. The fraction of sp³-hybridized carbons (Fsp3) is 0.581. The zero-order chi connectivity index (χ0) is 31.0. The molecule has 0 atom stereocenters. The Hall–Kier alpha value is -2.98. The average Bonchev–Trinajstić information content (AvgIpc) is 3.48. The first-order valence-corrected chi connectivity index (χ1v) is 15.5. The maximum atomic E-state index is 13.1. The summed E-state index contributed by atoms with van der Waals surface area (Å²) < 4.78 is 12.8. The van der Waals surface area contributed by atoms with Crippen LogP contribution in [0.5, 0.6) is 5.75 Å². The van der Waals surface area contributed by atoms with Crippen LogP contribution in [0.15, 0.2) is 12.1 Å². The molecule has 2 aromatic heterocycles. The van der Waals surface area contributed by atoms with Crippen molar-refractivity contribution in [2.45, 2.75) is 91.0 Å². The fourth-order valence-electron chi connectivity index (χ4n) is 5.28. The molecule has 0 unspecified atom stereocenters. The SMILES string of the molecule is COC(=O)Cc1nc(C)n(CC(=O)N2CCC(c3nc(-c4cc(C(C)(C)C)c(OC)c(C(C)(C)C)c4)c(Cl)s3)CC2)n1. The van der Waals surface area contributed by atoms with Crippen LogP contribution in [0, 0.1) is 6.92 Å². The highest BCUT2D eigenvalue weighted by Crippen LogP contribution is 2.45. The van der Waals surface area contributed by atoms with Gasteiger partial charge in [0.05, 0.1) is 19.2 Å². The second-order valence-electron chi connectivity index (χ2n) is 12.9. The number of benzene rings is 1. The highest BCUT2D eigenvalue weighted by molar-refractivity contribution is 7.16. The minimum absolute atomic E-state index is 0.0200. The number of aromatic nitrogens is 4. The van der Waals surface area contributed by atoms with E-state index < -0.39 is 5.97 Å². The molecule has 1 amide bonds. The van der Waals surface area contributed by atoms with Gasteiger partial charge in [-0.3, -0.25) is 9.59 Å². The zero-order valence-electron chi connectivity index (χ0n) is 26.1. The largest absolute Gasteiger partial charge is 0.496 e. The number of rotatable bonds is 7. The van der Waals surface area contributed by atoms with Crippen molar-refractivity contribution in [3.63, 3.8) is 0 Å². The van der Waals surface area contributed by atoms with Crippen molar-refractivity contribution < 1.29 is 19.1 Å². The van der Waals surface area contributed by atoms with Crippen molar-refractivity contribution in [2.24, 2.45) is 0 Å². The van der Waals surface area contributed by atoms with Crippen LogP contribution in [-0.4, -0.2) is 63.8 Å². The number of hydrogen-bond donors (Lipinski definition) is 0. The highest BCUT2D eigenvalue weighted by atomic mass is 35.5. The Labute approximate surface area is 257 Å². The number of esters is 1. The summed E-state index contributed by atoms with van der Waals surface area (Å²) in [5, 5.41) is 5.32. The van der Waals surface area contributed by atoms with Crippen LogP contribution in [-0.2, 0) is 38.1 Å². The summed E-state index contributed by atoms with van der Waals surface area (Å²) in [7, 11) is 3.06. The van der Waals surface area contributed by atoms with E-state index in [2.05, 4.69) is 68.5 Å². The van der Waals surface area contributed by atoms with Gasteiger partial charge in [0.1, 0.15) is 34.6 Å². The summed E-state index contributed by atoms with van der Waals surface area (Å²) in [6, 6.07) is 4.34. The maximum Gasteiger partial charge on any atom is 0.313 e. The Morgan fingerprint density at radius 1 is 1.02 bits per heavy atom. The summed E-state index contributed by atoms with van der Waals surface area (Å²) in [6.07, 6.45) is 1.60. The number of carbonyl (C=O) groups excluding carboxylic acids is 2. The van der Waals surface area contributed by atoms with E-state index in [-0.39, 0.29) is 35.6 Å². The molecule has 11 heteroatoms. The predicted octanol–water partition coefficient (Wildman–Crippen LogP) is 6.09. The smallest absolute Gasteiger partial charge is 0.313 e. The van der Waals surface area contributed by atoms with E-state index in [0.717, 1.165) is 46.0 Å². The second kappa shape index (κ2) is 12.3. The number of methoxy groups -OCH3 is 2. The normalized spacial score (nSPS) is 14.8. The average molecular weight is 616 g/mol. The van der Waals surface area contributed by atoms with Gasteiger partial charge < -0.3 is 14.4 Å². The molecule has 9 nitrogen and oxygen atoms in total. The van der Waals surface area contributed by atoms with Crippen molar-refractivity contribution >= 4 is 34.8 Å². The van der Waals surface area contributed by atoms with Gasteiger partial charge in [-0.05, 0) is 42.7 Å². The molecule has 3 heterocycles. The number of likely N-dealkylation sites (tertiary alicyclic amines) is 1. The number of carbonyl (C=O) groups is 2. The molecule has 0 bridgehead atoms. The van der Waals surface area contributed by atoms with Crippen LogP contribution in [0.1, 0.15) is 88.1 Å². The molecule has 0 spiro atoms. The van der Waals surface area contributed by atoms with Crippen LogP contribution in [0.4, 0.5) is 0 Å². The first-order valence-electron chi connectivity index (χ1n) is 14.3. The number of piperidine rings is 1. The minimum atomic E-state index is -0.415. The number of thiazole rings is 1. The molecule has 1 aliphatic rings. The lowest BCUT2D eigenvalue weighted by Gasteiger charge is -2.31. The Balaban J connectivity index is 1.49. The topological polar surface area (TPSA) is 99.4 Å². The number of ether oxygens (including phenoxy) is 2. The van der Waals surface area contributed by atoms with Crippen molar-refractivity contribution in [3.8, 4) is 17.0 Å². The molecule has 0 saturated carbocycles. The van der Waals surface area contributed by atoms with Gasteiger partial charge in [0.25, 0.3) is 0 Å². The van der Waals surface area contributed by atoms with Gasteiger partial charge >= 0.3 is 5.97 Å². The molecule has 4 rings (SSSR count). The van der Waals surface area contributed by atoms with Crippen LogP contribution < -0.4 is 4.74 Å². The van der Waals surface area contributed by atoms with Gasteiger partial charge in [0, 0.05) is 35.7 Å². The van der Waals surface area contributed by atoms with Crippen molar-refractivity contribution in [2.75, 3.05) is 27.3 Å². The molecule has 1 aliphatic heterocycles. The molecular weight excluding hydrogens is 574 g/mol. The standard InChI is InChI=1S/C31H42ClN5O4S/c1-18-33-23(16-25(39)40-8)35-37(18)17-24(38)36-12-10-19(11-13-36)29-34-26(28(32)42-29)20-14-21(30(2,3)4)27(41-9)22(15-20)31(5,6)7/h14-15,19H,10-13,16-17H2,1-9H3. The van der Waals surface area contributed by atoms with E-state index in [0.29, 0.717) is 29.1 Å². The Bertz CT molecular complexity index is 1420. The second-order valence-corrected chi connectivity index (χ2v) is 14.6. The number of amides is 1. The summed E-state index contributed by atoms with van der Waals surface area (Å²) in [6.45, 7) is 16.3. The monoisotopic (exact) mass is 615 g/mol. The van der Waals surface area contributed by atoms with Gasteiger partial charge in [0.15, 0.2) is 5.82 Å². The van der Waals surface area contributed by atoms with E-state index >= 15 is 0 Å². The highest BCUT2D eigenvalue weighted by Gasteiger charge is 2.31. The molecule has 3 aromatic rings. The molecule has 1 fully saturated rings. The van der Waals surface area contributed by atoms with Crippen LogP contribution in [0.3, 0.4) is 0 Å². The summed E-state index contributed by atoms with van der Waals surface area (Å²) in [5.41, 5.74) is 3.81. The molecule has 0 N–H and O–H groups in total. The molecule has 228 valence electrons. The lowest BCUT2D eigenvalue weighted by molar-refractivity contribution is -0.139. The van der Waals surface area contributed by atoms with Gasteiger partial charge in [0.2, 0.25) is 5.91 Å². The van der Waals surface area contributed by atoms with E-state index in [9.17, 15) is 9.59 Å². The quantitative estimate of drug-likeness (QED) is 0.297. The van der Waals surface area contributed by atoms with Gasteiger partial charge in [-0.2, -0.15) is 5.10 Å². The Kier molecular flexibility index (Phi) is 9.37. The minimum Gasteiger partial charge on any atom is -0.496 e. The van der Waals surface area contributed by atoms with E-state index in [4.69, 9.17) is 21.3 Å². The molecule has 42 heavy (non-hydrogen) atoms. The number of nitrogens with zero attached hydrogens (tertiary/aromatic N) is 5. The number of halogens is 1. The van der Waals surface area contributed by atoms with E-state index in [1.54, 1.807) is 18.7 Å². The van der Waals surface area contributed by atoms with Gasteiger partial charge in [-0.25, -0.2) is 14.6 Å². The van der Waals surface area contributed by atoms with Crippen molar-refractivity contribution in [1.82, 2.24) is 24.6 Å². The molecule has 0 aliphatic carbocycles. The molecule has 1 aromatic carbocycles. The van der Waals surface area contributed by atoms with E-state index in [1.165, 1.54) is 18.4 Å². The third kappa shape index (κ3) is 6.97. The van der Waals surface area contributed by atoms with Gasteiger partial charge in [-0.1, -0.05) is 53.1 Å². The molecule has 0 radical (unpaired) electrons. The maximum absolute atomic E-state index is 13.1. The molecule has 1 saturated heterocycles. The lowest BCUT2D eigenvalue weighted by atomic mass is 9.78. The third-order valence-corrected chi connectivity index (χ3v) is 9.11. The predicted molar refractivity (Wildman–Crippen MR) is 166 cm³/mol. The summed E-state index contributed by atoms with van der Waals surface area (Å²) in [4.78, 5) is 35.8. The Morgan fingerprint density at radius 2 is 1.62 bits per heavy atom.